The molecule has 0 atom stereocenters. The van der Waals surface area contributed by atoms with Crippen molar-refractivity contribution in [2.24, 2.45) is 5.41 Å². The Morgan fingerprint density at radius 3 is 2.68 bits per heavy atom. The van der Waals surface area contributed by atoms with Crippen LogP contribution in [0, 0.1) is 22.2 Å². The monoisotopic (exact) mass is 374 g/mol. The van der Waals surface area contributed by atoms with E-state index in [1.807, 2.05) is 6.07 Å². The molecule has 0 radical (unpaired) electrons. The Hall–Kier alpha value is -3.66. The molecule has 0 unspecified atom stereocenters. The molecule has 0 fully saturated rings. The molecule has 1 aromatic carbocycles. The van der Waals surface area contributed by atoms with Crippen LogP contribution in [0.2, 0.25) is 0 Å². The van der Waals surface area contributed by atoms with Gasteiger partial charge >= 0.3 is 0 Å². The van der Waals surface area contributed by atoms with Crippen molar-refractivity contribution in [3.63, 3.8) is 0 Å². The normalized spacial score (nSPS) is 13.8. The third-order valence-electron chi connectivity index (χ3n) is 4.53. The summed E-state index contributed by atoms with van der Waals surface area (Å²) in [6, 6.07) is 9.08. The molecule has 4 rings (SSSR count). The number of anilines is 2. The van der Waals surface area contributed by atoms with Gasteiger partial charge in [0.15, 0.2) is 12.2 Å². The van der Waals surface area contributed by atoms with Crippen molar-refractivity contribution >= 4 is 17.1 Å². The Balaban J connectivity index is 0.000000162. The lowest BCUT2D eigenvalue weighted by molar-refractivity contribution is 0.390. The number of aromatic nitrogens is 2. The van der Waals surface area contributed by atoms with Crippen molar-refractivity contribution in [1.29, 1.82) is 10.7 Å². The number of benzene rings is 1. The number of nitriles is 1. The average Bonchev–Trinajstić information content (AvgIpc) is 3.29. The number of nitrogens with one attached hydrogen (secondary N) is 1. The summed E-state index contributed by atoms with van der Waals surface area (Å²) in [5, 5.41) is 16.6. The van der Waals surface area contributed by atoms with Gasteiger partial charge in [0.25, 0.3) is 0 Å². The summed E-state index contributed by atoms with van der Waals surface area (Å²) >= 11 is 0. The maximum Gasteiger partial charge on any atom is 0.181 e. The molecular formula is C21H22N6O. The highest BCUT2D eigenvalue weighted by atomic mass is 16.3. The maximum absolute atomic E-state index is 8.71. The summed E-state index contributed by atoms with van der Waals surface area (Å²) in [5.41, 5.74) is 16.6. The molecule has 7 heteroatoms. The highest BCUT2D eigenvalue weighted by Crippen LogP contribution is 2.35. The van der Waals surface area contributed by atoms with Crippen molar-refractivity contribution in [2.75, 3.05) is 11.5 Å². The van der Waals surface area contributed by atoms with Crippen LogP contribution < -0.4 is 11.5 Å². The Morgan fingerprint density at radius 1 is 1.21 bits per heavy atom. The summed E-state index contributed by atoms with van der Waals surface area (Å²) < 4.78 is 5.01. The van der Waals surface area contributed by atoms with Gasteiger partial charge in [0.05, 0.1) is 11.8 Å². The lowest BCUT2D eigenvalue weighted by Crippen LogP contribution is -2.09. The van der Waals surface area contributed by atoms with Crippen LogP contribution in [0.25, 0.3) is 0 Å². The highest BCUT2D eigenvalue weighted by molar-refractivity contribution is 6.12. The van der Waals surface area contributed by atoms with E-state index in [1.54, 1.807) is 24.4 Å². The molecular weight excluding hydrogens is 352 g/mol. The van der Waals surface area contributed by atoms with Gasteiger partial charge in [-0.1, -0.05) is 13.8 Å². The van der Waals surface area contributed by atoms with E-state index in [1.165, 1.54) is 23.8 Å². The fraction of sp³-hybridized carbons (Fsp3) is 0.238. The standard InChI is InChI=1S/C11H12N2.C10H10N4O/c1-11(2)4-9-3-8(6-12)7-13-10(9)5-11;11-6-1-2-8(12)7(3-6)10(13)9-4-14-5-15-9/h3,7H,4-5H2,1-2H3;1-5,13H,11-12H2. The second-order valence-electron chi connectivity index (χ2n) is 7.55. The Bertz CT molecular complexity index is 1050. The van der Waals surface area contributed by atoms with E-state index in [2.05, 4.69) is 29.9 Å². The molecule has 5 N–H and O–H groups in total. The number of pyridine rings is 1. The van der Waals surface area contributed by atoms with Crippen LogP contribution in [-0.4, -0.2) is 15.7 Å². The molecule has 1 aliphatic carbocycles. The molecule has 1 aliphatic rings. The van der Waals surface area contributed by atoms with E-state index in [0.717, 1.165) is 12.8 Å². The van der Waals surface area contributed by atoms with Crippen molar-refractivity contribution < 1.29 is 4.42 Å². The van der Waals surface area contributed by atoms with Gasteiger partial charge in [0.2, 0.25) is 0 Å². The minimum atomic E-state index is 0.178. The van der Waals surface area contributed by atoms with Crippen LogP contribution in [0.15, 0.2) is 47.5 Å². The first kappa shape index (κ1) is 19.1. The smallest absolute Gasteiger partial charge is 0.181 e. The van der Waals surface area contributed by atoms with Gasteiger partial charge in [-0.3, -0.25) is 10.4 Å². The summed E-state index contributed by atoms with van der Waals surface area (Å²) in [6.07, 6.45) is 6.48. The molecule has 3 aromatic rings. The number of nitrogens with two attached hydrogens (primary N) is 2. The lowest BCUT2D eigenvalue weighted by atomic mass is 9.90. The van der Waals surface area contributed by atoms with Gasteiger partial charge in [0.1, 0.15) is 11.8 Å². The molecule has 0 aliphatic heterocycles. The predicted molar refractivity (Wildman–Crippen MR) is 108 cm³/mol. The molecule has 28 heavy (non-hydrogen) atoms. The second kappa shape index (κ2) is 7.53. The first-order valence-electron chi connectivity index (χ1n) is 8.80. The zero-order valence-corrected chi connectivity index (χ0v) is 15.9. The van der Waals surface area contributed by atoms with E-state index in [-0.39, 0.29) is 5.71 Å². The van der Waals surface area contributed by atoms with E-state index in [0.29, 0.717) is 33.7 Å². The molecule has 0 saturated heterocycles. The lowest BCUT2D eigenvalue weighted by Gasteiger charge is -2.14. The van der Waals surface area contributed by atoms with E-state index >= 15 is 0 Å². The summed E-state index contributed by atoms with van der Waals surface area (Å²) in [4.78, 5) is 8.04. The van der Waals surface area contributed by atoms with Crippen molar-refractivity contribution in [1.82, 2.24) is 9.97 Å². The average molecular weight is 374 g/mol. The summed E-state index contributed by atoms with van der Waals surface area (Å²) in [7, 11) is 0. The Labute approximate surface area is 163 Å². The van der Waals surface area contributed by atoms with Crippen LogP contribution in [0.1, 0.15) is 42.0 Å². The molecule has 0 spiro atoms. The Morgan fingerprint density at radius 2 is 2.00 bits per heavy atom. The molecule has 0 saturated carbocycles. The van der Waals surface area contributed by atoms with Crippen LogP contribution in [0.4, 0.5) is 11.4 Å². The minimum Gasteiger partial charge on any atom is -0.442 e. The summed E-state index contributed by atoms with van der Waals surface area (Å²) in [6.45, 7) is 4.47. The molecule has 142 valence electrons. The number of rotatable bonds is 2. The summed E-state index contributed by atoms with van der Waals surface area (Å²) in [5.74, 6) is 0.368. The number of hydrogen-bond donors (Lipinski definition) is 3. The third-order valence-corrected chi connectivity index (χ3v) is 4.53. The maximum atomic E-state index is 8.71. The van der Waals surface area contributed by atoms with Crippen LogP contribution in [0.5, 0.6) is 0 Å². The van der Waals surface area contributed by atoms with Gasteiger partial charge in [-0.15, -0.1) is 0 Å². The molecule has 0 bridgehead atoms. The number of nitrogens with zero attached hydrogens (tertiary/aromatic N) is 3. The minimum absolute atomic E-state index is 0.178. The quantitative estimate of drug-likeness (QED) is 0.464. The molecule has 2 aromatic heterocycles. The fourth-order valence-corrected chi connectivity index (χ4v) is 3.21. The topological polar surface area (TPSA) is 139 Å². The second-order valence-corrected chi connectivity index (χ2v) is 7.55. The number of hydrogen-bond acceptors (Lipinski definition) is 7. The van der Waals surface area contributed by atoms with Gasteiger partial charge in [-0.05, 0) is 48.1 Å². The third kappa shape index (κ3) is 4.18. The SMILES string of the molecule is CC1(C)Cc2cc(C#N)cnc2C1.N=C(c1cnco1)c1cc(N)ccc1N. The first-order valence-corrected chi connectivity index (χ1v) is 8.80. The number of oxazole rings is 1. The molecule has 2 heterocycles. The molecule has 0 amide bonds. The van der Waals surface area contributed by atoms with Gasteiger partial charge < -0.3 is 15.9 Å². The van der Waals surface area contributed by atoms with Crippen molar-refractivity contribution in [2.45, 2.75) is 26.7 Å². The van der Waals surface area contributed by atoms with Crippen LogP contribution in [0.3, 0.4) is 0 Å². The Kier molecular flexibility index (Phi) is 5.14. The van der Waals surface area contributed by atoms with Gasteiger partial charge in [-0.2, -0.15) is 5.26 Å². The highest BCUT2D eigenvalue weighted by Gasteiger charge is 2.29. The van der Waals surface area contributed by atoms with Crippen LogP contribution in [-0.2, 0) is 12.8 Å². The van der Waals surface area contributed by atoms with Crippen molar-refractivity contribution in [3.8, 4) is 6.07 Å². The van der Waals surface area contributed by atoms with Gasteiger partial charge in [-0.25, -0.2) is 4.98 Å². The van der Waals surface area contributed by atoms with E-state index in [9.17, 15) is 0 Å². The predicted octanol–water partition coefficient (Wildman–Crippen LogP) is 3.33. The first-order chi connectivity index (χ1) is 13.3. The van der Waals surface area contributed by atoms with E-state index < -0.39 is 0 Å². The fourth-order valence-electron chi connectivity index (χ4n) is 3.21. The molecule has 7 nitrogen and oxygen atoms in total. The number of nitrogen functional groups attached to an aromatic ring is 2. The van der Waals surface area contributed by atoms with Crippen molar-refractivity contribution in [3.05, 3.63) is 71.2 Å². The zero-order valence-electron chi connectivity index (χ0n) is 15.9. The zero-order chi connectivity index (χ0) is 20.3. The largest absolute Gasteiger partial charge is 0.442 e. The van der Waals surface area contributed by atoms with E-state index in [4.69, 9.17) is 26.6 Å². The number of fused-ring (bicyclic) bond motifs is 1. The van der Waals surface area contributed by atoms with Gasteiger partial charge in [0, 0.05) is 28.8 Å². The van der Waals surface area contributed by atoms with Crippen LogP contribution >= 0.6 is 0 Å².